The van der Waals surface area contributed by atoms with Crippen LogP contribution in [0.15, 0.2) is 89.2 Å². The summed E-state index contributed by atoms with van der Waals surface area (Å²) in [4.78, 5) is 18.4. The summed E-state index contributed by atoms with van der Waals surface area (Å²) < 4.78 is 7.90. The van der Waals surface area contributed by atoms with Gasteiger partial charge in [-0.2, -0.15) is 4.98 Å². The maximum atomic E-state index is 13.5. The van der Waals surface area contributed by atoms with Gasteiger partial charge in [-0.3, -0.25) is 4.79 Å². The topological polar surface area (TPSA) is 69.0 Å². The molecule has 0 bridgehead atoms. The second-order valence-electron chi connectivity index (χ2n) is 11.2. The summed E-state index contributed by atoms with van der Waals surface area (Å²) in [6, 6.07) is 23.8. The van der Waals surface area contributed by atoms with Crippen LogP contribution in [0.5, 0.6) is 5.75 Å². The number of halogens is 1. The minimum atomic E-state index is -0.358. The standard InChI is InChI=1S/C32H31ClN4O2S/c1-20-8-10-21(11-9-20)18-39-24-14-12-22(13-15-24)29-28-26(16-32(2,3)17-27(28)38)34-30-35-31(36-37(29)30)40-19-23-6-4-5-7-25(23)33/h4-15,29H,16-19H2,1-3H3,(H,34,35,36). The molecule has 0 radical (unpaired) electrons. The van der Waals surface area contributed by atoms with Crippen molar-refractivity contribution in [2.75, 3.05) is 5.32 Å². The number of benzene rings is 3. The van der Waals surface area contributed by atoms with E-state index in [0.717, 1.165) is 45.2 Å². The molecule has 0 saturated carbocycles. The number of rotatable bonds is 7. The van der Waals surface area contributed by atoms with Crippen molar-refractivity contribution in [3.05, 3.63) is 111 Å². The van der Waals surface area contributed by atoms with Gasteiger partial charge in [-0.15, -0.1) is 5.10 Å². The normalized spacial score (nSPS) is 17.7. The molecule has 0 fully saturated rings. The van der Waals surface area contributed by atoms with Crippen molar-refractivity contribution >= 4 is 35.1 Å². The van der Waals surface area contributed by atoms with Crippen LogP contribution < -0.4 is 10.1 Å². The van der Waals surface area contributed by atoms with Gasteiger partial charge in [-0.25, -0.2) is 4.68 Å². The van der Waals surface area contributed by atoms with Crippen LogP contribution in [-0.4, -0.2) is 20.5 Å². The summed E-state index contributed by atoms with van der Waals surface area (Å²) in [5.74, 6) is 2.23. The van der Waals surface area contributed by atoms with E-state index in [1.807, 2.05) is 53.2 Å². The molecule has 1 aromatic heterocycles. The maximum Gasteiger partial charge on any atom is 0.227 e. The Bertz CT molecular complexity index is 1590. The highest BCUT2D eigenvalue weighted by Gasteiger charge is 2.41. The molecule has 1 unspecified atom stereocenters. The number of ketones is 1. The first-order chi connectivity index (χ1) is 19.3. The Morgan fingerprint density at radius 2 is 1.80 bits per heavy atom. The van der Waals surface area contributed by atoms with Gasteiger partial charge in [0.1, 0.15) is 18.4 Å². The first-order valence-electron chi connectivity index (χ1n) is 13.4. The van der Waals surface area contributed by atoms with Gasteiger partial charge in [0.2, 0.25) is 11.1 Å². The largest absolute Gasteiger partial charge is 0.489 e. The molecule has 1 aliphatic carbocycles. The number of ether oxygens (including phenoxy) is 1. The molecule has 0 saturated heterocycles. The van der Waals surface area contributed by atoms with E-state index in [1.54, 1.807) is 0 Å². The van der Waals surface area contributed by atoms with Gasteiger partial charge in [-0.05, 0) is 53.6 Å². The number of Topliss-reactive ketones (excluding diaryl/α,β-unsaturated/α-hetero) is 1. The van der Waals surface area contributed by atoms with Crippen LogP contribution in [0.1, 0.15) is 55.0 Å². The van der Waals surface area contributed by atoms with Crippen LogP contribution in [0.2, 0.25) is 5.02 Å². The molecule has 6 nitrogen and oxygen atoms in total. The average Bonchev–Trinajstić information content (AvgIpc) is 3.33. The zero-order valence-corrected chi connectivity index (χ0v) is 24.4. The Balaban J connectivity index is 1.29. The molecule has 204 valence electrons. The van der Waals surface area contributed by atoms with Gasteiger partial charge < -0.3 is 10.1 Å². The lowest BCUT2D eigenvalue weighted by Crippen LogP contribution is -2.36. The number of hydrogen-bond acceptors (Lipinski definition) is 6. The SMILES string of the molecule is Cc1ccc(COc2ccc(C3C4=C(CC(C)(C)CC4=O)Nc4nc(SCc5ccccc5Cl)nn43)cc2)cc1. The van der Waals surface area contributed by atoms with E-state index < -0.39 is 0 Å². The number of hydrogen-bond donors (Lipinski definition) is 1. The maximum absolute atomic E-state index is 13.5. The third kappa shape index (κ3) is 5.54. The van der Waals surface area contributed by atoms with Crippen molar-refractivity contribution in [2.24, 2.45) is 5.41 Å². The lowest BCUT2D eigenvalue weighted by molar-refractivity contribution is -0.118. The molecule has 8 heteroatoms. The molecule has 2 aliphatic rings. The number of anilines is 1. The van der Waals surface area contributed by atoms with E-state index in [0.29, 0.717) is 29.9 Å². The van der Waals surface area contributed by atoms with Gasteiger partial charge in [-0.1, -0.05) is 97.4 Å². The number of fused-ring (bicyclic) bond motifs is 1. The molecule has 1 atom stereocenters. The fraction of sp³-hybridized carbons (Fsp3) is 0.281. The smallest absolute Gasteiger partial charge is 0.227 e. The first kappa shape index (κ1) is 26.7. The second-order valence-corrected chi connectivity index (χ2v) is 12.6. The van der Waals surface area contributed by atoms with E-state index in [4.69, 9.17) is 26.4 Å². The molecule has 40 heavy (non-hydrogen) atoms. The van der Waals surface area contributed by atoms with E-state index in [1.165, 1.54) is 17.3 Å². The quantitative estimate of drug-likeness (QED) is 0.229. The number of aryl methyl sites for hydroxylation is 1. The molecule has 1 N–H and O–H groups in total. The van der Waals surface area contributed by atoms with Crippen LogP contribution in [-0.2, 0) is 17.2 Å². The number of carbonyl (C=O) groups is 1. The molecule has 0 spiro atoms. The predicted octanol–water partition coefficient (Wildman–Crippen LogP) is 7.77. The highest BCUT2D eigenvalue weighted by Crippen LogP contribution is 2.46. The molecular formula is C32H31ClN4O2S. The average molecular weight is 571 g/mol. The third-order valence-corrected chi connectivity index (χ3v) is 8.60. The van der Waals surface area contributed by atoms with Gasteiger partial charge in [0, 0.05) is 28.5 Å². The zero-order valence-electron chi connectivity index (χ0n) is 22.8. The van der Waals surface area contributed by atoms with Crippen LogP contribution in [0.4, 0.5) is 5.95 Å². The Hall–Kier alpha value is -3.55. The van der Waals surface area contributed by atoms with Crippen LogP contribution in [0.25, 0.3) is 0 Å². The Morgan fingerprint density at radius 1 is 1.05 bits per heavy atom. The summed E-state index contributed by atoms with van der Waals surface area (Å²) in [6.07, 6.45) is 1.27. The summed E-state index contributed by atoms with van der Waals surface area (Å²) >= 11 is 7.90. The molecule has 4 aromatic rings. The number of carbonyl (C=O) groups excluding carboxylic acids is 1. The van der Waals surface area contributed by atoms with E-state index >= 15 is 0 Å². The van der Waals surface area contributed by atoms with Crippen LogP contribution in [0.3, 0.4) is 0 Å². The number of allylic oxidation sites excluding steroid dienone is 2. The van der Waals surface area contributed by atoms with Gasteiger partial charge in [0.15, 0.2) is 5.78 Å². The Labute approximate surface area is 243 Å². The third-order valence-electron chi connectivity index (χ3n) is 7.35. The minimum Gasteiger partial charge on any atom is -0.489 e. The van der Waals surface area contributed by atoms with Crippen molar-refractivity contribution in [1.29, 1.82) is 0 Å². The van der Waals surface area contributed by atoms with Gasteiger partial charge in [0.25, 0.3) is 0 Å². The fourth-order valence-electron chi connectivity index (χ4n) is 5.31. The summed E-state index contributed by atoms with van der Waals surface area (Å²) in [6.45, 7) is 6.84. The fourth-order valence-corrected chi connectivity index (χ4v) is 6.43. The van der Waals surface area contributed by atoms with Crippen molar-refractivity contribution in [2.45, 2.75) is 57.2 Å². The van der Waals surface area contributed by atoms with E-state index in [-0.39, 0.29) is 17.2 Å². The molecule has 1 aliphatic heterocycles. The molecular weight excluding hydrogens is 540 g/mol. The van der Waals surface area contributed by atoms with E-state index in [2.05, 4.69) is 50.4 Å². The number of aromatic nitrogens is 3. The van der Waals surface area contributed by atoms with Crippen molar-refractivity contribution < 1.29 is 9.53 Å². The van der Waals surface area contributed by atoms with Crippen molar-refractivity contribution in [1.82, 2.24) is 14.8 Å². The van der Waals surface area contributed by atoms with Crippen LogP contribution >= 0.6 is 23.4 Å². The zero-order chi connectivity index (χ0) is 27.9. The lowest BCUT2D eigenvalue weighted by Gasteiger charge is -2.38. The highest BCUT2D eigenvalue weighted by atomic mass is 35.5. The Kier molecular flexibility index (Phi) is 7.19. The lowest BCUT2D eigenvalue weighted by atomic mass is 9.73. The molecule has 3 aromatic carbocycles. The number of nitrogens with one attached hydrogen (secondary N) is 1. The summed E-state index contributed by atoms with van der Waals surface area (Å²) in [5.41, 5.74) is 5.93. The van der Waals surface area contributed by atoms with E-state index in [9.17, 15) is 4.79 Å². The van der Waals surface area contributed by atoms with Crippen LogP contribution in [0, 0.1) is 12.3 Å². The Morgan fingerprint density at radius 3 is 2.55 bits per heavy atom. The van der Waals surface area contributed by atoms with Gasteiger partial charge in [0.05, 0.1) is 0 Å². The molecule has 0 amide bonds. The molecule has 6 rings (SSSR count). The minimum absolute atomic E-state index is 0.120. The molecule has 2 heterocycles. The second kappa shape index (κ2) is 10.8. The summed E-state index contributed by atoms with van der Waals surface area (Å²) in [7, 11) is 0. The first-order valence-corrected chi connectivity index (χ1v) is 14.8. The van der Waals surface area contributed by atoms with Crippen molar-refractivity contribution in [3.63, 3.8) is 0 Å². The number of nitrogens with zero attached hydrogens (tertiary/aromatic N) is 3. The predicted molar refractivity (Wildman–Crippen MR) is 160 cm³/mol. The monoisotopic (exact) mass is 570 g/mol. The highest BCUT2D eigenvalue weighted by molar-refractivity contribution is 7.98. The summed E-state index contributed by atoms with van der Waals surface area (Å²) in [5, 5.41) is 9.68. The van der Waals surface area contributed by atoms with Gasteiger partial charge >= 0.3 is 0 Å². The van der Waals surface area contributed by atoms with Crippen molar-refractivity contribution in [3.8, 4) is 5.75 Å². The number of thioether (sulfide) groups is 1.